The molecule has 4 aliphatic rings. The topological polar surface area (TPSA) is 545 Å². The molecule has 0 spiro atoms. The third kappa shape index (κ3) is 16.5. The van der Waals surface area contributed by atoms with Crippen LogP contribution in [0, 0.1) is 11.8 Å². The quantitative estimate of drug-likeness (QED) is 0.00631. The molecule has 2 aromatic heterocycles. The zero-order valence-corrected chi connectivity index (χ0v) is 56.6. The van der Waals surface area contributed by atoms with Crippen LogP contribution >= 0.6 is 92.9 Å². The number of hydrogen-bond donors (Lipinski definition) is 12. The summed E-state index contributed by atoms with van der Waals surface area (Å²) in [5.74, 6) is -14.0. The molecule has 4 aromatic rings. The Bertz CT molecular complexity index is 3980. The number of phenols is 4. The van der Waals surface area contributed by atoms with E-state index in [0.717, 1.165) is 87.9 Å². The van der Waals surface area contributed by atoms with E-state index in [0.29, 0.717) is 0 Å². The maximum atomic E-state index is 13.4. The van der Waals surface area contributed by atoms with E-state index in [-0.39, 0.29) is 107 Å². The van der Waals surface area contributed by atoms with Crippen LogP contribution in [0.1, 0.15) is 93.5 Å². The number of aromatic nitrogens is 2. The fourth-order valence-corrected chi connectivity index (χ4v) is 17.0. The first-order chi connectivity index (χ1) is 44.9. The van der Waals surface area contributed by atoms with Crippen LogP contribution < -0.4 is 22.6 Å². The van der Waals surface area contributed by atoms with E-state index in [1.54, 1.807) is 0 Å². The van der Waals surface area contributed by atoms with Crippen LogP contribution in [-0.2, 0) is 57.6 Å². The van der Waals surface area contributed by atoms with Crippen LogP contribution in [0.15, 0.2) is 50.4 Å². The molecule has 33 nitrogen and oxygen atoms in total. The number of carbonyl (C=O) groups is 12. The number of thiazole rings is 2. The standard InChI is InChI=1S/C28H30ClN7O11S3.C27H27ClN4O11S3/c1-27(2,23(42)43)47-35-19(13-9-48-26(31)32-13)16(39)8-12-21(41)36-10-28(24(44)45,50-22(12)36)49-7-3-4-14(37)18(33-34-25(30)46)11-5-6-15(38)20(40)17(11)29;1-26(2,23(39)40)43-31-18(13-9-44-25(29)30-13)16(35)8-12-21(38)32-10-27(24(41)42,46-22(12)32)45-7-3-4-14(33)19(36)11-5-6-15(34)20(37)17(11)28/h5-6,9,12,22,38,40H,3-4,7-8,10H2,1-2H3,(H2,31,32)(H,42,43)(H,44,45)(H3,30,34,46);5-6,9,12,22,34,37H,3-4,7-8,10H2,1-2H3,(H2,29,30)(H,39,40)(H,41,42)/b33-18+,35-19-;31-18-/t12-,22-,28-;12-,22-,27-/m11/s1. The minimum absolute atomic E-state index is 0.0227. The number of nitrogens with zero attached hydrogens (tertiary/aromatic N) is 7. The lowest BCUT2D eigenvalue weighted by atomic mass is 9.90. The Morgan fingerprint density at radius 3 is 1.41 bits per heavy atom. The smallest absolute Gasteiger partial charge is 0.350 e. The number of hydrogen-bond acceptors (Lipinski definition) is 31. The Balaban J connectivity index is 0.000000272. The number of carboxylic acid groups (broad SMARTS) is 4. The zero-order chi connectivity index (χ0) is 71.3. The average Bonchev–Trinajstić information content (AvgIpc) is 1.58. The van der Waals surface area contributed by atoms with Crippen molar-refractivity contribution in [3.05, 3.63) is 67.6 Å². The van der Waals surface area contributed by atoms with Crippen LogP contribution in [0.2, 0.25) is 10.0 Å². The number of phenolic OH excluding ortho intramolecular Hbond substituents is 4. The molecule has 96 heavy (non-hydrogen) atoms. The van der Waals surface area contributed by atoms with Gasteiger partial charge in [-0.3, -0.25) is 33.6 Å². The maximum Gasteiger partial charge on any atom is 0.350 e. The summed E-state index contributed by atoms with van der Waals surface area (Å²) in [6.07, 6.45) is -1.02. The molecule has 4 aliphatic heterocycles. The number of aromatic hydroxyl groups is 4. The zero-order valence-electron chi connectivity index (χ0n) is 50.2. The van der Waals surface area contributed by atoms with Gasteiger partial charge >= 0.3 is 29.9 Å². The van der Waals surface area contributed by atoms with Crippen LogP contribution in [0.25, 0.3) is 0 Å². The molecule has 4 fully saturated rings. The van der Waals surface area contributed by atoms with Crippen molar-refractivity contribution in [1.29, 1.82) is 0 Å². The number of Topliss-reactive ketones (excluding diaryl/α,β-unsaturated/α-hetero) is 5. The van der Waals surface area contributed by atoms with Crippen LogP contribution in [0.4, 0.5) is 15.1 Å². The number of urea groups is 1. The Labute approximate surface area is 576 Å². The fourth-order valence-electron chi connectivity index (χ4n) is 9.06. The molecule has 514 valence electrons. The molecule has 0 radical (unpaired) electrons. The lowest BCUT2D eigenvalue weighted by molar-refractivity contribution is -0.161. The third-order valence-corrected chi connectivity index (χ3v) is 23.4. The second-order valence-electron chi connectivity index (χ2n) is 22.0. The number of carboxylic acids is 4. The molecule has 4 amide bonds. The van der Waals surface area contributed by atoms with Gasteiger partial charge in [0.25, 0.3) is 0 Å². The number of nitrogens with two attached hydrogens (primary N) is 3. The van der Waals surface area contributed by atoms with Gasteiger partial charge in [-0.1, -0.05) is 33.5 Å². The number of primary amides is 1. The molecule has 41 heteroatoms. The number of amides is 4. The SMILES string of the molecule is CC(C)(O/N=C(\C(=O)C[C@@H]1C(=O)N2C[C@](SCCCC(=O)/C(=N/NC(N)=O)c3ccc(O)c(O)c3Cl)(C(=O)O)S[C@H]12)c1csc(N)n1)C(=O)O.CC(C)(O/N=C(\C(=O)C[C@@H]1C(=O)N2C[C@](SCCCC(=O)C(=O)c3ccc(O)c(O)c3Cl)(C(=O)O)S[C@H]12)c1csc(N)n1)C(=O)O. The number of fused-ring (bicyclic) bond motifs is 2. The summed E-state index contributed by atoms with van der Waals surface area (Å²) in [5, 5.41) is 90.0. The van der Waals surface area contributed by atoms with Crippen molar-refractivity contribution in [3.8, 4) is 23.0 Å². The highest BCUT2D eigenvalue weighted by Crippen LogP contribution is 2.57. The number of carbonyl (C=O) groups excluding carboxylic acids is 8. The molecule has 6 atom stereocenters. The molecule has 8 rings (SSSR count). The lowest BCUT2D eigenvalue weighted by Gasteiger charge is -2.41. The Kier molecular flexibility index (Phi) is 23.6. The van der Waals surface area contributed by atoms with E-state index in [1.807, 2.05) is 5.43 Å². The first kappa shape index (κ1) is 74.9. The molecule has 2 aromatic carbocycles. The first-order valence-corrected chi connectivity index (χ1v) is 34.0. The van der Waals surface area contributed by atoms with Gasteiger partial charge in [-0.2, -0.15) is 5.10 Å². The van der Waals surface area contributed by atoms with Crippen molar-refractivity contribution in [2.75, 3.05) is 36.1 Å². The van der Waals surface area contributed by atoms with Gasteiger partial charge in [0.2, 0.25) is 34.6 Å². The van der Waals surface area contributed by atoms with Gasteiger partial charge in [-0.15, -0.1) is 69.7 Å². The Morgan fingerprint density at radius 1 is 0.635 bits per heavy atom. The number of nitrogens with one attached hydrogen (secondary N) is 1. The second-order valence-corrected chi connectivity index (χ2v) is 30.6. The predicted octanol–water partition coefficient (Wildman–Crippen LogP) is 4.41. The molecule has 15 N–H and O–H groups in total. The summed E-state index contributed by atoms with van der Waals surface area (Å²) in [6, 6.07) is 3.31. The number of oxime groups is 2. The lowest BCUT2D eigenvalue weighted by Crippen LogP contribution is -2.57. The number of thioether (sulfide) groups is 4. The van der Waals surface area contributed by atoms with Crippen molar-refractivity contribution in [2.45, 2.75) is 96.3 Å². The highest BCUT2D eigenvalue weighted by Gasteiger charge is 2.64. The normalized spacial score (nSPS) is 20.8. The predicted molar refractivity (Wildman–Crippen MR) is 351 cm³/mol. The van der Waals surface area contributed by atoms with E-state index < -0.39 is 152 Å². The molecule has 6 heterocycles. The molecule has 0 aliphatic carbocycles. The van der Waals surface area contributed by atoms with E-state index in [1.165, 1.54) is 54.3 Å². The molecule has 4 saturated heterocycles. The van der Waals surface area contributed by atoms with Gasteiger partial charge < -0.3 is 77.5 Å². The summed E-state index contributed by atoms with van der Waals surface area (Å²) < 4.78 is -3.04. The van der Waals surface area contributed by atoms with Crippen molar-refractivity contribution in [1.82, 2.24) is 25.2 Å². The number of halogens is 2. The fraction of sp³-hybridized carbons (Fsp3) is 0.400. The molecule has 0 bridgehead atoms. The minimum Gasteiger partial charge on any atom is -0.504 e. The first-order valence-electron chi connectivity index (χ1n) is 27.7. The number of aliphatic carboxylic acids is 4. The van der Waals surface area contributed by atoms with Crippen LogP contribution in [0.5, 0.6) is 23.0 Å². The van der Waals surface area contributed by atoms with Crippen LogP contribution in [0.3, 0.4) is 0 Å². The van der Waals surface area contributed by atoms with E-state index in [2.05, 4.69) is 25.4 Å². The number of ketones is 5. The van der Waals surface area contributed by atoms with Gasteiger partial charge in [0.05, 0.1) is 45.7 Å². The number of anilines is 2. The monoisotopic (exact) mass is 1490 g/mol. The number of β-lactam (4-membered cyclic amide) rings is 2. The van der Waals surface area contributed by atoms with Gasteiger partial charge in [-0.25, -0.2) is 39.4 Å². The Morgan fingerprint density at radius 2 is 1.03 bits per heavy atom. The van der Waals surface area contributed by atoms with Gasteiger partial charge in [0.1, 0.15) is 17.1 Å². The van der Waals surface area contributed by atoms with Gasteiger partial charge in [0, 0.05) is 47.6 Å². The van der Waals surface area contributed by atoms with Crippen LogP contribution in [-0.4, -0.2) is 203 Å². The minimum atomic E-state index is -1.79. The summed E-state index contributed by atoms with van der Waals surface area (Å²) in [6.45, 7) is 4.56. The van der Waals surface area contributed by atoms with Gasteiger partial charge in [0.15, 0.2) is 70.2 Å². The summed E-state index contributed by atoms with van der Waals surface area (Å²) >= 11 is 17.9. The van der Waals surface area contributed by atoms with Crippen molar-refractivity contribution < 1.29 is 108 Å². The van der Waals surface area contributed by atoms with E-state index in [4.69, 9.17) is 50.1 Å². The largest absolute Gasteiger partial charge is 0.504 e. The van der Waals surface area contributed by atoms with Crippen molar-refractivity contribution in [3.63, 3.8) is 0 Å². The molecule has 0 unspecified atom stereocenters. The average molecular weight is 1490 g/mol. The number of rotatable bonds is 31. The molecular weight excluding hydrogens is 1430 g/mol. The number of nitrogen functional groups attached to an aromatic ring is 2. The summed E-state index contributed by atoms with van der Waals surface area (Å²) in [5.41, 5.74) is 13.4. The van der Waals surface area contributed by atoms with E-state index >= 15 is 0 Å². The van der Waals surface area contributed by atoms with Crippen molar-refractivity contribution in [2.24, 2.45) is 33.0 Å². The highest BCUT2D eigenvalue weighted by molar-refractivity contribution is 8.20. The highest BCUT2D eigenvalue weighted by atomic mass is 35.5. The number of hydrazone groups is 1. The third-order valence-electron chi connectivity index (χ3n) is 14.4. The van der Waals surface area contributed by atoms with E-state index in [9.17, 15) is 98.4 Å². The second kappa shape index (κ2) is 30.3. The molecule has 0 saturated carbocycles. The summed E-state index contributed by atoms with van der Waals surface area (Å²) in [7, 11) is 0. The summed E-state index contributed by atoms with van der Waals surface area (Å²) in [4.78, 5) is 171. The number of benzene rings is 2. The molecular formula is C55H57Cl2N11O22S6. The van der Waals surface area contributed by atoms with Crippen molar-refractivity contribution >= 4 is 191 Å². The Hall–Kier alpha value is -8.47. The van der Waals surface area contributed by atoms with Gasteiger partial charge in [-0.05, 0) is 76.3 Å². The maximum absolute atomic E-state index is 13.4.